The van der Waals surface area contributed by atoms with Gasteiger partial charge in [0.05, 0.1) is 24.6 Å². The third-order valence-corrected chi connectivity index (χ3v) is 5.45. The predicted molar refractivity (Wildman–Crippen MR) is 134 cm³/mol. The quantitative estimate of drug-likeness (QED) is 0.142. The predicted octanol–water partition coefficient (Wildman–Crippen LogP) is 5.50. The van der Waals surface area contributed by atoms with Gasteiger partial charge in [0.2, 0.25) is 5.13 Å². The summed E-state index contributed by atoms with van der Waals surface area (Å²) in [7, 11) is 1.35. The van der Waals surface area contributed by atoms with Gasteiger partial charge in [-0.2, -0.15) is 5.10 Å². The maximum absolute atomic E-state index is 11.5. The number of hydrazone groups is 1. The van der Waals surface area contributed by atoms with Gasteiger partial charge in [0.1, 0.15) is 24.7 Å². The third-order valence-electron chi connectivity index (χ3n) is 4.70. The van der Waals surface area contributed by atoms with Crippen molar-refractivity contribution in [2.45, 2.75) is 0 Å². The number of rotatable bonds is 10. The molecule has 0 radical (unpaired) electrons. The van der Waals surface area contributed by atoms with Crippen molar-refractivity contribution in [3.8, 4) is 22.8 Å². The van der Waals surface area contributed by atoms with Gasteiger partial charge in [-0.3, -0.25) is 5.43 Å². The van der Waals surface area contributed by atoms with Crippen LogP contribution in [0.5, 0.6) is 11.5 Å². The second-order valence-electron chi connectivity index (χ2n) is 7.06. The second-order valence-corrected chi connectivity index (χ2v) is 7.92. The maximum atomic E-state index is 11.5. The fourth-order valence-electron chi connectivity index (χ4n) is 3.04. The molecule has 1 aromatic heterocycles. The van der Waals surface area contributed by atoms with Crippen molar-refractivity contribution in [1.82, 2.24) is 4.98 Å². The number of benzene rings is 3. The summed E-state index contributed by atoms with van der Waals surface area (Å²) in [5, 5.41) is 7.00. The SMILES string of the molecule is COC(=O)c1ccc(OCCOc2cccc(C=NNc3nc(-c4ccccc4)cs3)c2)cc1. The number of thiazole rings is 1. The molecule has 0 aliphatic rings. The Hall–Kier alpha value is -4.17. The van der Waals surface area contributed by atoms with Crippen LogP contribution in [0, 0.1) is 0 Å². The Morgan fingerprint density at radius 3 is 2.50 bits per heavy atom. The van der Waals surface area contributed by atoms with Crippen LogP contribution in [0.4, 0.5) is 5.13 Å². The molecule has 0 spiro atoms. The zero-order chi connectivity index (χ0) is 23.6. The van der Waals surface area contributed by atoms with E-state index in [4.69, 9.17) is 9.47 Å². The lowest BCUT2D eigenvalue weighted by Gasteiger charge is -2.09. The third kappa shape index (κ3) is 6.43. The highest BCUT2D eigenvalue weighted by Gasteiger charge is 2.05. The summed E-state index contributed by atoms with van der Waals surface area (Å²) < 4.78 is 16.1. The lowest BCUT2D eigenvalue weighted by atomic mass is 10.2. The van der Waals surface area contributed by atoms with Gasteiger partial charge in [0, 0.05) is 10.9 Å². The Labute approximate surface area is 201 Å². The van der Waals surface area contributed by atoms with Gasteiger partial charge in [-0.15, -0.1) is 11.3 Å². The van der Waals surface area contributed by atoms with E-state index >= 15 is 0 Å². The lowest BCUT2D eigenvalue weighted by molar-refractivity contribution is 0.0600. The minimum absolute atomic E-state index is 0.366. The second kappa shape index (κ2) is 11.6. The molecule has 8 heteroatoms. The van der Waals surface area contributed by atoms with Gasteiger partial charge in [-0.05, 0) is 42.0 Å². The number of hydrogen-bond donors (Lipinski definition) is 1. The maximum Gasteiger partial charge on any atom is 0.337 e. The molecule has 4 aromatic rings. The van der Waals surface area contributed by atoms with E-state index in [0.29, 0.717) is 30.3 Å². The molecule has 0 fully saturated rings. The summed E-state index contributed by atoms with van der Waals surface area (Å²) in [5.41, 5.74) is 6.33. The number of anilines is 1. The Kier molecular flexibility index (Phi) is 7.86. The molecule has 0 aliphatic carbocycles. The zero-order valence-corrected chi connectivity index (χ0v) is 19.3. The smallest absolute Gasteiger partial charge is 0.337 e. The average molecular weight is 474 g/mol. The Morgan fingerprint density at radius 2 is 1.74 bits per heavy atom. The molecule has 0 saturated carbocycles. The van der Waals surface area contributed by atoms with Crippen molar-refractivity contribution in [3.63, 3.8) is 0 Å². The summed E-state index contributed by atoms with van der Waals surface area (Å²) >= 11 is 1.50. The molecule has 0 atom stereocenters. The molecular formula is C26H23N3O4S. The number of ether oxygens (including phenoxy) is 3. The lowest BCUT2D eigenvalue weighted by Crippen LogP contribution is -2.09. The van der Waals surface area contributed by atoms with Crippen molar-refractivity contribution >= 4 is 28.7 Å². The molecule has 0 bridgehead atoms. The van der Waals surface area contributed by atoms with Crippen LogP contribution >= 0.6 is 11.3 Å². The van der Waals surface area contributed by atoms with E-state index in [2.05, 4.69) is 20.2 Å². The van der Waals surface area contributed by atoms with Crippen molar-refractivity contribution in [3.05, 3.63) is 95.4 Å². The molecule has 0 saturated heterocycles. The van der Waals surface area contributed by atoms with Gasteiger partial charge in [0.25, 0.3) is 0 Å². The van der Waals surface area contributed by atoms with Crippen molar-refractivity contribution < 1.29 is 19.0 Å². The molecule has 1 N–H and O–H groups in total. The largest absolute Gasteiger partial charge is 0.490 e. The summed E-state index contributed by atoms with van der Waals surface area (Å²) in [6, 6.07) is 24.4. The van der Waals surface area contributed by atoms with E-state index in [-0.39, 0.29) is 5.97 Å². The number of carbonyl (C=O) groups excluding carboxylic acids is 1. The molecule has 4 rings (SSSR count). The van der Waals surface area contributed by atoms with Crippen LogP contribution in [-0.4, -0.2) is 37.5 Å². The highest BCUT2D eigenvalue weighted by molar-refractivity contribution is 7.14. The summed E-state index contributed by atoms with van der Waals surface area (Å²) in [6.07, 6.45) is 1.72. The van der Waals surface area contributed by atoms with Gasteiger partial charge in [0.15, 0.2) is 0 Å². The molecule has 0 amide bonds. The summed E-state index contributed by atoms with van der Waals surface area (Å²) in [6.45, 7) is 0.740. The topological polar surface area (TPSA) is 82.0 Å². The van der Waals surface area contributed by atoms with Crippen LogP contribution in [-0.2, 0) is 4.74 Å². The van der Waals surface area contributed by atoms with E-state index in [1.54, 1.807) is 30.5 Å². The Morgan fingerprint density at radius 1 is 0.971 bits per heavy atom. The molecule has 1 heterocycles. The number of hydrogen-bond acceptors (Lipinski definition) is 8. The number of aromatic nitrogens is 1. The van der Waals surface area contributed by atoms with Crippen molar-refractivity contribution in [2.75, 3.05) is 25.7 Å². The van der Waals surface area contributed by atoms with Crippen molar-refractivity contribution in [2.24, 2.45) is 5.10 Å². The first-order valence-corrected chi connectivity index (χ1v) is 11.4. The standard InChI is InChI=1S/C26H23N3O4S/c1-31-25(30)21-10-12-22(13-11-21)32-14-15-33-23-9-5-6-19(16-23)17-27-29-26-28-24(18-34-26)20-7-3-2-4-8-20/h2-13,16-18H,14-15H2,1H3,(H,28,29). The fraction of sp³-hybridized carbons (Fsp3) is 0.115. The van der Waals surface area contributed by atoms with Gasteiger partial charge < -0.3 is 14.2 Å². The first kappa shape index (κ1) is 23.0. The molecule has 7 nitrogen and oxygen atoms in total. The van der Waals surface area contributed by atoms with Crippen LogP contribution in [0.2, 0.25) is 0 Å². The van der Waals surface area contributed by atoms with E-state index in [1.165, 1.54) is 18.4 Å². The number of nitrogens with zero attached hydrogens (tertiary/aromatic N) is 2. The van der Waals surface area contributed by atoms with Gasteiger partial charge in [-0.25, -0.2) is 9.78 Å². The first-order chi connectivity index (χ1) is 16.7. The Bertz CT molecular complexity index is 1240. The van der Waals surface area contributed by atoms with Crippen LogP contribution in [0.15, 0.2) is 89.3 Å². The number of nitrogens with one attached hydrogen (secondary N) is 1. The molecule has 3 aromatic carbocycles. The van der Waals surface area contributed by atoms with Crippen LogP contribution < -0.4 is 14.9 Å². The van der Waals surface area contributed by atoms with E-state index in [9.17, 15) is 4.79 Å². The normalized spacial score (nSPS) is 10.7. The average Bonchev–Trinajstić information content (AvgIpc) is 3.36. The van der Waals surface area contributed by atoms with E-state index in [0.717, 1.165) is 22.0 Å². The molecule has 0 aliphatic heterocycles. The Balaban J connectivity index is 1.23. The van der Waals surface area contributed by atoms with Gasteiger partial charge in [-0.1, -0.05) is 42.5 Å². The number of carbonyl (C=O) groups is 1. The molecule has 34 heavy (non-hydrogen) atoms. The molecule has 0 unspecified atom stereocenters. The molecular weight excluding hydrogens is 450 g/mol. The number of methoxy groups -OCH3 is 1. The minimum Gasteiger partial charge on any atom is -0.490 e. The summed E-state index contributed by atoms with van der Waals surface area (Å²) in [5.74, 6) is 0.993. The minimum atomic E-state index is -0.378. The highest BCUT2D eigenvalue weighted by atomic mass is 32.1. The first-order valence-electron chi connectivity index (χ1n) is 10.6. The van der Waals surface area contributed by atoms with E-state index in [1.807, 2.05) is 60.0 Å². The van der Waals surface area contributed by atoms with Crippen LogP contribution in [0.3, 0.4) is 0 Å². The summed E-state index contributed by atoms with van der Waals surface area (Å²) in [4.78, 5) is 16.0. The molecule has 172 valence electrons. The number of esters is 1. The monoisotopic (exact) mass is 473 g/mol. The zero-order valence-electron chi connectivity index (χ0n) is 18.5. The van der Waals surface area contributed by atoms with Crippen molar-refractivity contribution in [1.29, 1.82) is 0 Å². The van der Waals surface area contributed by atoms with Gasteiger partial charge >= 0.3 is 5.97 Å². The fourth-order valence-corrected chi connectivity index (χ4v) is 3.71. The van der Waals surface area contributed by atoms with Crippen LogP contribution in [0.1, 0.15) is 15.9 Å². The highest BCUT2D eigenvalue weighted by Crippen LogP contribution is 2.24. The van der Waals surface area contributed by atoms with Crippen LogP contribution in [0.25, 0.3) is 11.3 Å². The van der Waals surface area contributed by atoms with E-state index < -0.39 is 0 Å².